The smallest absolute Gasteiger partial charge is 0.249 e. The van der Waals surface area contributed by atoms with Gasteiger partial charge >= 0.3 is 0 Å². The molecule has 9 heteroatoms. The predicted octanol–water partition coefficient (Wildman–Crippen LogP) is 1.10. The van der Waals surface area contributed by atoms with Gasteiger partial charge in [-0.05, 0) is 12.1 Å². The molecule has 22 heavy (non-hydrogen) atoms. The molecule has 3 rings (SSSR count). The number of amides is 1. The van der Waals surface area contributed by atoms with E-state index in [-0.39, 0.29) is 18.7 Å². The van der Waals surface area contributed by atoms with E-state index in [1.54, 1.807) is 18.2 Å². The molecule has 2 aromatic rings. The molecule has 0 atom stereocenters. The summed E-state index contributed by atoms with van der Waals surface area (Å²) in [4.78, 5) is 11.6. The van der Waals surface area contributed by atoms with E-state index in [9.17, 15) is 13.2 Å². The third-order valence-electron chi connectivity index (χ3n) is 3.61. The Morgan fingerprint density at radius 2 is 2.14 bits per heavy atom. The van der Waals surface area contributed by atoms with Gasteiger partial charge in [-0.1, -0.05) is 17.7 Å². The maximum Gasteiger partial charge on any atom is 0.249 e. The number of H-pyrrole nitrogens is 1. The summed E-state index contributed by atoms with van der Waals surface area (Å²) in [5, 5.41) is 7.34. The van der Waals surface area contributed by atoms with Crippen molar-refractivity contribution in [3.8, 4) is 11.3 Å². The van der Waals surface area contributed by atoms with Crippen molar-refractivity contribution in [3.05, 3.63) is 40.0 Å². The molecule has 0 saturated heterocycles. The molecule has 0 saturated carbocycles. The zero-order valence-corrected chi connectivity index (χ0v) is 13.2. The molecule has 0 radical (unpaired) electrons. The van der Waals surface area contributed by atoms with E-state index in [0.29, 0.717) is 27.5 Å². The van der Waals surface area contributed by atoms with Crippen LogP contribution in [0.25, 0.3) is 11.3 Å². The molecule has 7 nitrogen and oxygen atoms in total. The summed E-state index contributed by atoms with van der Waals surface area (Å²) in [5.74, 6) is -0.618. The monoisotopic (exact) mass is 340 g/mol. The molecule has 1 aromatic carbocycles. The maximum absolute atomic E-state index is 11.7. The molecule has 0 aliphatic carbocycles. The molecular weight excluding hydrogens is 328 g/mol. The minimum atomic E-state index is -3.31. The van der Waals surface area contributed by atoms with E-state index in [0.717, 1.165) is 6.26 Å². The number of sulfonamides is 1. The van der Waals surface area contributed by atoms with Crippen molar-refractivity contribution in [2.75, 3.05) is 6.26 Å². The summed E-state index contributed by atoms with van der Waals surface area (Å²) in [7, 11) is -3.31. The van der Waals surface area contributed by atoms with Gasteiger partial charge in [0.25, 0.3) is 0 Å². The Bertz CT molecular complexity index is 875. The van der Waals surface area contributed by atoms with Crippen LogP contribution >= 0.6 is 11.6 Å². The summed E-state index contributed by atoms with van der Waals surface area (Å²) in [6.07, 6.45) is 1.15. The minimum absolute atomic E-state index is 0.184. The average Bonchev–Trinajstić information content (AvgIpc) is 2.98. The number of aromatic amines is 1. The van der Waals surface area contributed by atoms with Crippen molar-refractivity contribution >= 4 is 27.5 Å². The number of aromatic nitrogens is 2. The SMILES string of the molecule is CS(=O)(=O)N1Cc2[nH]nc(-c3c(Cl)cccc3C(N)=O)c2C1. The van der Waals surface area contributed by atoms with Crippen molar-refractivity contribution < 1.29 is 13.2 Å². The molecule has 1 aliphatic rings. The summed E-state index contributed by atoms with van der Waals surface area (Å²) in [5.41, 5.74) is 7.92. The molecular formula is C13H13ClN4O3S. The molecule has 116 valence electrons. The van der Waals surface area contributed by atoms with Crippen LogP contribution in [0.2, 0.25) is 5.02 Å². The number of benzene rings is 1. The number of hydrogen-bond acceptors (Lipinski definition) is 4. The Kier molecular flexibility index (Phi) is 3.47. The van der Waals surface area contributed by atoms with Crippen LogP contribution in [0.4, 0.5) is 0 Å². The normalized spacial score (nSPS) is 15.0. The molecule has 0 spiro atoms. The third-order valence-corrected chi connectivity index (χ3v) is 5.12. The van der Waals surface area contributed by atoms with Gasteiger partial charge in [0.2, 0.25) is 15.9 Å². The van der Waals surface area contributed by atoms with E-state index in [4.69, 9.17) is 17.3 Å². The van der Waals surface area contributed by atoms with Gasteiger partial charge in [-0.25, -0.2) is 8.42 Å². The number of nitrogens with two attached hydrogens (primary N) is 1. The summed E-state index contributed by atoms with van der Waals surface area (Å²) >= 11 is 6.20. The molecule has 2 heterocycles. The minimum Gasteiger partial charge on any atom is -0.366 e. The summed E-state index contributed by atoms with van der Waals surface area (Å²) in [6.45, 7) is 0.404. The van der Waals surface area contributed by atoms with Gasteiger partial charge in [-0.2, -0.15) is 9.40 Å². The van der Waals surface area contributed by atoms with Gasteiger partial charge in [0, 0.05) is 17.7 Å². The van der Waals surface area contributed by atoms with E-state index < -0.39 is 15.9 Å². The zero-order valence-electron chi connectivity index (χ0n) is 11.6. The fraction of sp³-hybridized carbons (Fsp3) is 0.231. The molecule has 1 aliphatic heterocycles. The maximum atomic E-state index is 11.7. The van der Waals surface area contributed by atoms with Crippen LogP contribution < -0.4 is 5.73 Å². The van der Waals surface area contributed by atoms with Gasteiger partial charge in [0.05, 0.1) is 34.8 Å². The van der Waals surface area contributed by atoms with Crippen molar-refractivity contribution in [3.63, 3.8) is 0 Å². The first kappa shape index (κ1) is 15.0. The second kappa shape index (κ2) is 5.08. The van der Waals surface area contributed by atoms with Crippen LogP contribution in [0.15, 0.2) is 18.2 Å². The number of carbonyl (C=O) groups excluding carboxylic acids is 1. The predicted molar refractivity (Wildman–Crippen MR) is 81.6 cm³/mol. The third kappa shape index (κ3) is 2.39. The largest absolute Gasteiger partial charge is 0.366 e. The second-order valence-electron chi connectivity index (χ2n) is 5.09. The van der Waals surface area contributed by atoms with Gasteiger partial charge in [-0.3, -0.25) is 9.89 Å². The van der Waals surface area contributed by atoms with E-state index in [1.807, 2.05) is 0 Å². The average molecular weight is 341 g/mol. The van der Waals surface area contributed by atoms with Crippen LogP contribution in [-0.2, 0) is 23.1 Å². The van der Waals surface area contributed by atoms with Crippen LogP contribution in [-0.4, -0.2) is 35.1 Å². The topological polar surface area (TPSA) is 109 Å². The first-order valence-corrected chi connectivity index (χ1v) is 8.61. The Hall–Kier alpha value is -1.90. The van der Waals surface area contributed by atoms with Crippen LogP contribution in [0.1, 0.15) is 21.6 Å². The number of rotatable bonds is 3. The van der Waals surface area contributed by atoms with Gasteiger partial charge in [0.1, 0.15) is 0 Å². The Balaban J connectivity index is 2.14. The Morgan fingerprint density at radius 3 is 2.77 bits per heavy atom. The van der Waals surface area contributed by atoms with Crippen LogP contribution in [0.5, 0.6) is 0 Å². The lowest BCUT2D eigenvalue weighted by molar-refractivity contribution is 0.100. The van der Waals surface area contributed by atoms with E-state index >= 15 is 0 Å². The standard InChI is InChI=1S/C13H13ClN4O3S/c1-22(20,21)18-5-8-10(6-18)16-17-12(8)11-7(13(15)19)3-2-4-9(11)14/h2-4H,5-6H2,1H3,(H2,15,19)(H,16,17). The van der Waals surface area contributed by atoms with Crippen molar-refractivity contribution in [2.24, 2.45) is 5.73 Å². The van der Waals surface area contributed by atoms with Crippen LogP contribution in [0, 0.1) is 0 Å². The lowest BCUT2D eigenvalue weighted by atomic mass is 10.0. The number of nitrogens with one attached hydrogen (secondary N) is 1. The summed E-state index contributed by atoms with van der Waals surface area (Å²) < 4.78 is 24.7. The molecule has 0 bridgehead atoms. The quantitative estimate of drug-likeness (QED) is 0.871. The molecule has 0 fully saturated rings. The second-order valence-corrected chi connectivity index (χ2v) is 7.48. The highest BCUT2D eigenvalue weighted by Gasteiger charge is 2.32. The van der Waals surface area contributed by atoms with E-state index in [1.165, 1.54) is 4.31 Å². The number of primary amides is 1. The number of hydrogen-bond donors (Lipinski definition) is 2. The fourth-order valence-electron chi connectivity index (χ4n) is 2.52. The zero-order chi connectivity index (χ0) is 16.1. The Labute approximate surface area is 132 Å². The van der Waals surface area contributed by atoms with E-state index in [2.05, 4.69) is 10.2 Å². The van der Waals surface area contributed by atoms with Gasteiger partial charge < -0.3 is 5.73 Å². The number of halogens is 1. The van der Waals surface area contributed by atoms with Crippen molar-refractivity contribution in [1.29, 1.82) is 0 Å². The van der Waals surface area contributed by atoms with Gasteiger partial charge in [0.15, 0.2) is 0 Å². The lowest BCUT2D eigenvalue weighted by Gasteiger charge is -2.12. The number of fused-ring (bicyclic) bond motifs is 1. The fourth-order valence-corrected chi connectivity index (χ4v) is 3.51. The van der Waals surface area contributed by atoms with Gasteiger partial charge in [-0.15, -0.1) is 0 Å². The number of carbonyl (C=O) groups is 1. The Morgan fingerprint density at radius 1 is 1.41 bits per heavy atom. The molecule has 1 aromatic heterocycles. The summed E-state index contributed by atoms with van der Waals surface area (Å²) in [6, 6.07) is 4.82. The van der Waals surface area contributed by atoms with Crippen molar-refractivity contribution in [2.45, 2.75) is 13.1 Å². The highest BCUT2D eigenvalue weighted by atomic mass is 35.5. The first-order valence-electron chi connectivity index (χ1n) is 6.39. The number of nitrogens with zero attached hydrogens (tertiary/aromatic N) is 2. The lowest BCUT2D eigenvalue weighted by Crippen LogP contribution is -2.24. The molecule has 1 amide bonds. The highest BCUT2D eigenvalue weighted by Crippen LogP contribution is 2.37. The first-order chi connectivity index (χ1) is 10.3. The molecule has 3 N–H and O–H groups in total. The van der Waals surface area contributed by atoms with Crippen molar-refractivity contribution in [1.82, 2.24) is 14.5 Å². The van der Waals surface area contributed by atoms with Crippen LogP contribution in [0.3, 0.4) is 0 Å². The highest BCUT2D eigenvalue weighted by molar-refractivity contribution is 7.88. The molecule has 0 unspecified atom stereocenters.